The van der Waals surface area contributed by atoms with Crippen molar-refractivity contribution in [2.24, 2.45) is 0 Å². The summed E-state index contributed by atoms with van der Waals surface area (Å²) in [4.78, 5) is 4.39. The molecule has 190 valence electrons. The summed E-state index contributed by atoms with van der Waals surface area (Å²) in [5.74, 6) is -1.72. The second kappa shape index (κ2) is 14.4. The maximum absolute atomic E-state index is 14.5. The van der Waals surface area contributed by atoms with Crippen LogP contribution in [0.2, 0.25) is 0 Å². The summed E-state index contributed by atoms with van der Waals surface area (Å²) >= 11 is 0. The summed E-state index contributed by atoms with van der Waals surface area (Å²) in [6.45, 7) is 8.81. The minimum atomic E-state index is -0.875. The molecule has 4 heteroatoms. The lowest BCUT2D eigenvalue weighted by Crippen LogP contribution is -2.08. The molecular formula is C32H37F2NO. The minimum Gasteiger partial charge on any atom is -0.379 e. The molecule has 0 radical (unpaired) electrons. The maximum Gasteiger partial charge on any atom is 0.168 e. The SMILES string of the molecule is C=CCc1ccc(-c2ccc(-c3ccc(C=CCCCC(C)OCCCCC)cc3)cn2)c(F)c1F. The van der Waals surface area contributed by atoms with E-state index in [0.29, 0.717) is 17.4 Å². The van der Waals surface area contributed by atoms with Gasteiger partial charge in [0.25, 0.3) is 0 Å². The van der Waals surface area contributed by atoms with Crippen LogP contribution in [0.4, 0.5) is 8.78 Å². The van der Waals surface area contributed by atoms with Crippen LogP contribution in [0.5, 0.6) is 0 Å². The molecule has 1 unspecified atom stereocenters. The van der Waals surface area contributed by atoms with E-state index in [4.69, 9.17) is 4.74 Å². The molecule has 0 aliphatic carbocycles. The van der Waals surface area contributed by atoms with E-state index >= 15 is 0 Å². The highest BCUT2D eigenvalue weighted by Crippen LogP contribution is 2.27. The Kier molecular flexibility index (Phi) is 11.0. The van der Waals surface area contributed by atoms with Crippen molar-refractivity contribution in [3.05, 3.63) is 96.2 Å². The Morgan fingerprint density at radius 2 is 1.72 bits per heavy atom. The van der Waals surface area contributed by atoms with Gasteiger partial charge in [0.15, 0.2) is 11.6 Å². The summed E-state index contributed by atoms with van der Waals surface area (Å²) in [5, 5.41) is 0. The smallest absolute Gasteiger partial charge is 0.168 e. The zero-order chi connectivity index (χ0) is 25.8. The van der Waals surface area contributed by atoms with Crippen molar-refractivity contribution >= 4 is 6.08 Å². The number of benzene rings is 2. The number of unbranched alkanes of at least 4 members (excludes halogenated alkanes) is 3. The molecule has 0 bridgehead atoms. The van der Waals surface area contributed by atoms with E-state index in [-0.39, 0.29) is 12.0 Å². The maximum atomic E-state index is 14.5. The molecule has 3 rings (SSSR count). The van der Waals surface area contributed by atoms with Gasteiger partial charge < -0.3 is 4.74 Å². The number of rotatable bonds is 14. The van der Waals surface area contributed by atoms with Gasteiger partial charge in [0, 0.05) is 23.9 Å². The van der Waals surface area contributed by atoms with E-state index in [1.165, 1.54) is 12.8 Å². The molecule has 0 aliphatic heterocycles. The van der Waals surface area contributed by atoms with Crippen LogP contribution in [0.25, 0.3) is 28.5 Å². The van der Waals surface area contributed by atoms with Crippen molar-refractivity contribution in [2.45, 2.75) is 64.9 Å². The molecule has 2 aromatic carbocycles. The molecule has 2 nitrogen and oxygen atoms in total. The van der Waals surface area contributed by atoms with Gasteiger partial charge in [-0.1, -0.05) is 74.4 Å². The number of aromatic nitrogens is 1. The van der Waals surface area contributed by atoms with E-state index in [1.807, 2.05) is 18.2 Å². The number of pyridine rings is 1. The Labute approximate surface area is 214 Å². The van der Waals surface area contributed by atoms with Crippen LogP contribution < -0.4 is 0 Å². The van der Waals surface area contributed by atoms with E-state index in [0.717, 1.165) is 49.0 Å². The normalized spacial score (nSPS) is 12.2. The average molecular weight is 490 g/mol. The Morgan fingerprint density at radius 3 is 2.42 bits per heavy atom. The fourth-order valence-corrected chi connectivity index (χ4v) is 4.07. The summed E-state index contributed by atoms with van der Waals surface area (Å²) in [6, 6.07) is 15.0. The van der Waals surface area contributed by atoms with Crippen molar-refractivity contribution in [1.29, 1.82) is 0 Å². The molecule has 0 saturated heterocycles. The quantitative estimate of drug-likeness (QED) is 0.166. The number of hydrogen-bond acceptors (Lipinski definition) is 2. The van der Waals surface area contributed by atoms with Crippen molar-refractivity contribution in [1.82, 2.24) is 4.98 Å². The lowest BCUT2D eigenvalue weighted by Gasteiger charge is -2.12. The van der Waals surface area contributed by atoms with Gasteiger partial charge in [0.05, 0.1) is 11.8 Å². The van der Waals surface area contributed by atoms with Crippen molar-refractivity contribution < 1.29 is 13.5 Å². The third kappa shape index (κ3) is 7.96. The molecule has 0 amide bonds. The largest absolute Gasteiger partial charge is 0.379 e. The van der Waals surface area contributed by atoms with Gasteiger partial charge in [-0.25, -0.2) is 8.78 Å². The molecule has 0 aliphatic rings. The van der Waals surface area contributed by atoms with Gasteiger partial charge in [-0.2, -0.15) is 0 Å². The number of nitrogens with zero attached hydrogens (tertiary/aromatic N) is 1. The summed E-state index contributed by atoms with van der Waals surface area (Å²) in [5.41, 5.74) is 3.94. The number of hydrogen-bond donors (Lipinski definition) is 0. The zero-order valence-electron chi connectivity index (χ0n) is 21.5. The standard InChI is InChI=1S/C32H37F2NO/c1-4-6-10-22-36-24(3)12-8-7-9-13-25-14-16-26(17-15-25)28-19-21-30(35-23-28)29-20-18-27(11-5-2)31(33)32(29)34/h5,9,13-21,23-24H,2,4,6-8,10-12,22H2,1,3H3. The average Bonchev–Trinajstić information content (AvgIpc) is 2.90. The van der Waals surface area contributed by atoms with Crippen LogP contribution in [0.3, 0.4) is 0 Å². The predicted octanol–water partition coefficient (Wildman–Crippen LogP) is 9.20. The van der Waals surface area contributed by atoms with E-state index in [9.17, 15) is 8.78 Å². The van der Waals surface area contributed by atoms with Crippen LogP contribution in [0, 0.1) is 11.6 Å². The highest BCUT2D eigenvalue weighted by atomic mass is 19.2. The van der Waals surface area contributed by atoms with Gasteiger partial charge in [-0.05, 0) is 67.9 Å². The van der Waals surface area contributed by atoms with Crippen LogP contribution in [0.15, 0.2) is 73.5 Å². The van der Waals surface area contributed by atoms with Crippen LogP contribution in [-0.4, -0.2) is 17.7 Å². The second-order valence-electron chi connectivity index (χ2n) is 9.17. The third-order valence-corrected chi connectivity index (χ3v) is 6.25. The van der Waals surface area contributed by atoms with Crippen molar-refractivity contribution in [3.8, 4) is 22.4 Å². The van der Waals surface area contributed by atoms with Gasteiger partial charge in [-0.3, -0.25) is 4.98 Å². The molecule has 1 atom stereocenters. The second-order valence-corrected chi connectivity index (χ2v) is 9.17. The first-order chi connectivity index (χ1) is 17.5. The molecule has 1 heterocycles. The molecular weight excluding hydrogens is 452 g/mol. The molecule has 0 fully saturated rings. The van der Waals surface area contributed by atoms with E-state index < -0.39 is 11.6 Å². The highest BCUT2D eigenvalue weighted by molar-refractivity contribution is 5.68. The molecule has 0 saturated carbocycles. The Bertz CT molecular complexity index is 1120. The number of allylic oxidation sites excluding steroid dienone is 2. The zero-order valence-corrected chi connectivity index (χ0v) is 21.5. The van der Waals surface area contributed by atoms with Gasteiger partial charge in [0.2, 0.25) is 0 Å². The first-order valence-corrected chi connectivity index (χ1v) is 13.0. The van der Waals surface area contributed by atoms with Crippen LogP contribution >= 0.6 is 0 Å². The monoisotopic (exact) mass is 489 g/mol. The van der Waals surface area contributed by atoms with Crippen molar-refractivity contribution in [3.63, 3.8) is 0 Å². The molecule has 36 heavy (non-hydrogen) atoms. The Hall–Kier alpha value is -3.11. The first-order valence-electron chi connectivity index (χ1n) is 13.0. The summed E-state index contributed by atoms with van der Waals surface area (Å²) < 4.78 is 34.7. The lowest BCUT2D eigenvalue weighted by atomic mass is 10.0. The number of halogens is 2. The highest BCUT2D eigenvalue weighted by Gasteiger charge is 2.15. The molecule has 1 aromatic heterocycles. The van der Waals surface area contributed by atoms with E-state index in [2.05, 4.69) is 49.7 Å². The van der Waals surface area contributed by atoms with E-state index in [1.54, 1.807) is 30.5 Å². The van der Waals surface area contributed by atoms with Gasteiger partial charge in [0.1, 0.15) is 0 Å². The van der Waals surface area contributed by atoms with Gasteiger partial charge in [-0.15, -0.1) is 6.58 Å². The Morgan fingerprint density at radius 1 is 0.944 bits per heavy atom. The molecule has 0 N–H and O–H groups in total. The summed E-state index contributed by atoms with van der Waals surface area (Å²) in [6.07, 6.45) is 15.0. The van der Waals surface area contributed by atoms with Crippen LogP contribution in [0.1, 0.15) is 63.5 Å². The third-order valence-electron chi connectivity index (χ3n) is 6.25. The molecule has 3 aromatic rings. The molecule has 0 spiro atoms. The van der Waals surface area contributed by atoms with Gasteiger partial charge >= 0.3 is 0 Å². The minimum absolute atomic E-state index is 0.157. The topological polar surface area (TPSA) is 22.1 Å². The van der Waals surface area contributed by atoms with Crippen molar-refractivity contribution in [2.75, 3.05) is 6.61 Å². The number of ether oxygens (including phenoxy) is 1. The Balaban J connectivity index is 1.52. The summed E-state index contributed by atoms with van der Waals surface area (Å²) in [7, 11) is 0. The fraction of sp³-hybridized carbons (Fsp3) is 0.344. The predicted molar refractivity (Wildman–Crippen MR) is 147 cm³/mol. The fourth-order valence-electron chi connectivity index (χ4n) is 4.07. The first kappa shape index (κ1) is 27.5. The van der Waals surface area contributed by atoms with Crippen LogP contribution in [-0.2, 0) is 11.2 Å². The lowest BCUT2D eigenvalue weighted by molar-refractivity contribution is 0.0566.